The number of thiazole rings is 2. The Bertz CT molecular complexity index is 380. The van der Waals surface area contributed by atoms with Gasteiger partial charge in [-0.25, -0.2) is 9.97 Å². The fourth-order valence-corrected chi connectivity index (χ4v) is 5.09. The van der Waals surface area contributed by atoms with Gasteiger partial charge in [0.25, 0.3) is 0 Å². The Balaban J connectivity index is 1.94. The largest absolute Gasteiger partial charge is 0.237 e. The number of hydrogen-bond donors (Lipinski definition) is 0. The Kier molecular flexibility index (Phi) is 3.48. The molecule has 0 aliphatic rings. The van der Waals surface area contributed by atoms with E-state index in [1.807, 2.05) is 12.4 Å². The van der Waals surface area contributed by atoms with E-state index < -0.39 is 0 Å². The Morgan fingerprint density at radius 2 is 1.36 bits per heavy atom. The topological polar surface area (TPSA) is 25.8 Å². The van der Waals surface area contributed by atoms with E-state index >= 15 is 0 Å². The number of nitrogens with zero attached hydrogens (tertiary/aromatic N) is 2. The highest BCUT2D eigenvalue weighted by atomic mass is 33.1. The maximum Gasteiger partial charge on any atom is 0.161 e. The fraction of sp³-hybridized carbons (Fsp3) is 0.250. The Labute approximate surface area is 98.6 Å². The molecule has 2 nitrogen and oxygen atoms in total. The van der Waals surface area contributed by atoms with Crippen LogP contribution in [0.25, 0.3) is 0 Å². The molecule has 0 saturated heterocycles. The zero-order valence-corrected chi connectivity index (χ0v) is 10.9. The summed E-state index contributed by atoms with van der Waals surface area (Å²) in [6.07, 6.45) is 3.81. The lowest BCUT2D eigenvalue weighted by molar-refractivity contribution is 1.24. The van der Waals surface area contributed by atoms with Gasteiger partial charge in [0.2, 0.25) is 0 Å². The van der Waals surface area contributed by atoms with Crippen molar-refractivity contribution in [3.8, 4) is 0 Å². The molecule has 2 aromatic rings. The second kappa shape index (κ2) is 4.65. The summed E-state index contributed by atoms with van der Waals surface area (Å²) < 4.78 is 2.20. The SMILES string of the molecule is Cc1cnc(SSc2ncc(C)s2)s1. The summed E-state index contributed by atoms with van der Waals surface area (Å²) in [6, 6.07) is 0. The van der Waals surface area contributed by atoms with Crippen molar-refractivity contribution < 1.29 is 0 Å². The van der Waals surface area contributed by atoms with E-state index in [0.717, 1.165) is 8.68 Å². The summed E-state index contributed by atoms with van der Waals surface area (Å²) >= 11 is 3.44. The Hall–Kier alpha value is -0.0400. The third-order valence-electron chi connectivity index (χ3n) is 1.38. The van der Waals surface area contributed by atoms with Crippen molar-refractivity contribution >= 4 is 44.3 Å². The molecular weight excluding hydrogens is 252 g/mol. The lowest BCUT2D eigenvalue weighted by Crippen LogP contribution is -1.62. The van der Waals surface area contributed by atoms with Crippen molar-refractivity contribution in [1.29, 1.82) is 0 Å². The molecule has 0 aliphatic carbocycles. The van der Waals surface area contributed by atoms with Crippen molar-refractivity contribution in [2.75, 3.05) is 0 Å². The maximum atomic E-state index is 4.28. The molecule has 0 spiro atoms. The lowest BCUT2D eigenvalue weighted by Gasteiger charge is -1.90. The summed E-state index contributed by atoms with van der Waals surface area (Å²) in [6.45, 7) is 4.14. The average Bonchev–Trinajstić information content (AvgIpc) is 2.72. The highest BCUT2D eigenvalue weighted by Gasteiger charge is 2.04. The molecule has 2 rings (SSSR count). The first-order valence-electron chi connectivity index (χ1n) is 3.93. The van der Waals surface area contributed by atoms with Crippen molar-refractivity contribution in [3.63, 3.8) is 0 Å². The van der Waals surface area contributed by atoms with Crippen LogP contribution in [0.2, 0.25) is 0 Å². The van der Waals surface area contributed by atoms with Gasteiger partial charge in [-0.1, -0.05) is 0 Å². The molecule has 6 heteroatoms. The standard InChI is InChI=1S/C8H8N2S4/c1-5-3-9-7(11-5)13-14-8-10-4-6(2)12-8/h3-4H,1-2H3. The molecule has 0 amide bonds. The fourth-order valence-electron chi connectivity index (χ4n) is 0.816. The minimum Gasteiger partial charge on any atom is -0.237 e. The van der Waals surface area contributed by atoms with Crippen LogP contribution in [0.3, 0.4) is 0 Å². The first-order chi connectivity index (χ1) is 6.74. The van der Waals surface area contributed by atoms with Gasteiger partial charge in [0.05, 0.1) is 0 Å². The van der Waals surface area contributed by atoms with Gasteiger partial charge in [-0.15, -0.1) is 22.7 Å². The van der Waals surface area contributed by atoms with Crippen molar-refractivity contribution in [3.05, 3.63) is 22.1 Å². The van der Waals surface area contributed by atoms with Crippen LogP contribution < -0.4 is 0 Å². The van der Waals surface area contributed by atoms with Crippen LogP contribution in [0.4, 0.5) is 0 Å². The van der Waals surface area contributed by atoms with E-state index in [0.29, 0.717) is 0 Å². The molecular formula is C8H8N2S4. The van der Waals surface area contributed by atoms with Gasteiger partial charge in [-0.2, -0.15) is 0 Å². The van der Waals surface area contributed by atoms with E-state index in [-0.39, 0.29) is 0 Å². The van der Waals surface area contributed by atoms with Gasteiger partial charge >= 0.3 is 0 Å². The van der Waals surface area contributed by atoms with Gasteiger partial charge < -0.3 is 0 Å². The van der Waals surface area contributed by atoms with Gasteiger partial charge in [-0.3, -0.25) is 0 Å². The molecule has 0 aromatic carbocycles. The molecule has 0 aliphatic heterocycles. The predicted molar refractivity (Wildman–Crippen MR) is 65.4 cm³/mol. The summed E-state index contributed by atoms with van der Waals surface area (Å²) in [7, 11) is 3.36. The van der Waals surface area contributed by atoms with Crippen LogP contribution >= 0.6 is 44.3 Å². The van der Waals surface area contributed by atoms with Crippen molar-refractivity contribution in [1.82, 2.24) is 9.97 Å². The second-order valence-corrected chi connectivity index (χ2v) is 7.73. The maximum absolute atomic E-state index is 4.28. The second-order valence-electron chi connectivity index (χ2n) is 2.64. The number of aryl methyl sites for hydroxylation is 2. The van der Waals surface area contributed by atoms with Crippen LogP contribution in [0.5, 0.6) is 0 Å². The minimum atomic E-state index is 1.10. The predicted octanol–water partition coefficient (Wildman–Crippen LogP) is 4.02. The van der Waals surface area contributed by atoms with Crippen molar-refractivity contribution in [2.45, 2.75) is 22.5 Å². The molecule has 0 bridgehead atoms. The Morgan fingerprint density at radius 1 is 0.929 bits per heavy atom. The first-order valence-corrected chi connectivity index (χ1v) is 7.72. The molecule has 0 radical (unpaired) electrons. The van der Waals surface area contributed by atoms with E-state index in [2.05, 4.69) is 23.8 Å². The summed E-state index contributed by atoms with van der Waals surface area (Å²) in [5.74, 6) is 0. The zero-order chi connectivity index (χ0) is 9.97. The summed E-state index contributed by atoms with van der Waals surface area (Å²) in [5.41, 5.74) is 0. The van der Waals surface area contributed by atoms with E-state index in [1.165, 1.54) is 9.75 Å². The van der Waals surface area contributed by atoms with Gasteiger partial charge in [0.1, 0.15) is 0 Å². The number of hydrogen-bond acceptors (Lipinski definition) is 6. The molecule has 2 heterocycles. The monoisotopic (exact) mass is 260 g/mol. The molecule has 0 saturated carbocycles. The average molecular weight is 260 g/mol. The molecule has 0 atom stereocenters. The van der Waals surface area contributed by atoms with Crippen molar-refractivity contribution in [2.24, 2.45) is 0 Å². The highest BCUT2D eigenvalue weighted by Crippen LogP contribution is 2.40. The van der Waals surface area contributed by atoms with Crippen LogP contribution in [0, 0.1) is 13.8 Å². The van der Waals surface area contributed by atoms with Crippen LogP contribution in [-0.2, 0) is 0 Å². The third kappa shape index (κ3) is 2.73. The summed E-state index contributed by atoms with van der Waals surface area (Å²) in [4.78, 5) is 11.1. The molecule has 2 aromatic heterocycles. The molecule has 0 N–H and O–H groups in total. The molecule has 0 unspecified atom stereocenters. The molecule has 74 valence electrons. The van der Waals surface area contributed by atoms with Gasteiger partial charge in [0, 0.05) is 22.1 Å². The Morgan fingerprint density at radius 3 is 1.64 bits per heavy atom. The van der Waals surface area contributed by atoms with Crippen LogP contribution in [0.15, 0.2) is 21.1 Å². The van der Waals surface area contributed by atoms with Crippen LogP contribution in [0.1, 0.15) is 9.75 Å². The molecule has 0 fully saturated rings. The normalized spacial score (nSPS) is 10.7. The minimum absolute atomic E-state index is 1.10. The third-order valence-corrected chi connectivity index (χ3v) is 6.21. The van der Waals surface area contributed by atoms with E-state index in [4.69, 9.17) is 0 Å². The zero-order valence-electron chi connectivity index (χ0n) is 7.68. The quantitative estimate of drug-likeness (QED) is 0.779. The lowest BCUT2D eigenvalue weighted by atomic mass is 10.7. The first kappa shape index (κ1) is 10.5. The summed E-state index contributed by atoms with van der Waals surface area (Å²) in [5, 5.41) is 0. The van der Waals surface area contributed by atoms with Crippen LogP contribution in [-0.4, -0.2) is 9.97 Å². The highest BCUT2D eigenvalue weighted by molar-refractivity contribution is 8.77. The number of aromatic nitrogens is 2. The molecule has 14 heavy (non-hydrogen) atoms. The van der Waals surface area contributed by atoms with E-state index in [9.17, 15) is 0 Å². The van der Waals surface area contributed by atoms with E-state index in [1.54, 1.807) is 44.3 Å². The van der Waals surface area contributed by atoms with Gasteiger partial charge in [0.15, 0.2) is 8.68 Å². The number of rotatable bonds is 3. The van der Waals surface area contributed by atoms with Gasteiger partial charge in [-0.05, 0) is 35.4 Å². The smallest absolute Gasteiger partial charge is 0.161 e.